The van der Waals surface area contributed by atoms with Crippen LogP contribution < -0.4 is 20.7 Å². The lowest BCUT2D eigenvalue weighted by molar-refractivity contribution is -0.123. The van der Waals surface area contributed by atoms with Crippen molar-refractivity contribution in [3.8, 4) is 5.75 Å². The largest absolute Gasteiger partial charge is 0.484 e. The molecule has 0 saturated heterocycles. The van der Waals surface area contributed by atoms with Gasteiger partial charge in [-0.25, -0.2) is 9.38 Å². The Labute approximate surface area is 200 Å². The summed E-state index contributed by atoms with van der Waals surface area (Å²) in [6, 6.07) is 14.5. The van der Waals surface area contributed by atoms with Crippen LogP contribution in [0.3, 0.4) is 0 Å². The number of nitrogens with one attached hydrogen (secondary N) is 3. The molecule has 1 aliphatic carbocycles. The summed E-state index contributed by atoms with van der Waals surface area (Å²) in [7, 11) is 0. The predicted molar refractivity (Wildman–Crippen MR) is 131 cm³/mol. The maximum absolute atomic E-state index is 13.0. The fourth-order valence-corrected chi connectivity index (χ4v) is 2.83. The highest BCUT2D eigenvalue weighted by atomic mass is 127. The molecule has 2 aromatic rings. The number of carbonyl (C=O) groups is 1. The van der Waals surface area contributed by atoms with Crippen molar-refractivity contribution < 1.29 is 13.9 Å². The average Bonchev–Trinajstić information content (AvgIpc) is 3.56. The first-order chi connectivity index (χ1) is 14.6. The van der Waals surface area contributed by atoms with Gasteiger partial charge in [-0.15, -0.1) is 24.0 Å². The van der Waals surface area contributed by atoms with Crippen LogP contribution in [0.15, 0.2) is 53.5 Å². The molecule has 0 atom stereocenters. The summed E-state index contributed by atoms with van der Waals surface area (Å²) in [6.45, 7) is 4.03. The highest BCUT2D eigenvalue weighted by molar-refractivity contribution is 14.0. The van der Waals surface area contributed by atoms with E-state index in [-0.39, 0.29) is 42.3 Å². The van der Waals surface area contributed by atoms with Crippen LogP contribution >= 0.6 is 24.0 Å². The van der Waals surface area contributed by atoms with Gasteiger partial charge in [-0.05, 0) is 61.6 Å². The van der Waals surface area contributed by atoms with E-state index in [2.05, 4.69) is 20.9 Å². The first-order valence-electron chi connectivity index (χ1n) is 10.4. The Morgan fingerprint density at radius 1 is 1.06 bits per heavy atom. The second-order valence-electron chi connectivity index (χ2n) is 7.27. The standard InChI is InChI=1S/C23H29FN4O2.HI/c1-2-25-23(27-15-18-3-7-19(24)8-4-18)26-14-13-17-5-11-21(12-6-17)30-16-22(29)28-20-9-10-20;/h3-8,11-12,20H,2,9-10,13-16H2,1H3,(H,28,29)(H2,25,26,27);1H. The Kier molecular flexibility index (Phi) is 10.6. The zero-order valence-electron chi connectivity index (χ0n) is 17.7. The van der Waals surface area contributed by atoms with Gasteiger partial charge in [0.2, 0.25) is 0 Å². The number of rotatable bonds is 10. The van der Waals surface area contributed by atoms with E-state index in [1.807, 2.05) is 31.2 Å². The average molecular weight is 540 g/mol. The number of guanidine groups is 1. The van der Waals surface area contributed by atoms with E-state index in [0.717, 1.165) is 49.4 Å². The van der Waals surface area contributed by atoms with E-state index in [9.17, 15) is 9.18 Å². The Hall–Kier alpha value is -2.36. The van der Waals surface area contributed by atoms with Gasteiger partial charge in [0.05, 0.1) is 6.54 Å². The number of hydrogen-bond donors (Lipinski definition) is 3. The molecule has 0 bridgehead atoms. The summed E-state index contributed by atoms with van der Waals surface area (Å²) >= 11 is 0. The minimum atomic E-state index is -0.245. The first kappa shape index (κ1) is 24.9. The normalized spacial score (nSPS) is 13.2. The van der Waals surface area contributed by atoms with Crippen LogP contribution in [-0.4, -0.2) is 37.6 Å². The zero-order valence-corrected chi connectivity index (χ0v) is 20.0. The van der Waals surface area contributed by atoms with Crippen molar-refractivity contribution in [3.63, 3.8) is 0 Å². The summed E-state index contributed by atoms with van der Waals surface area (Å²) in [6.07, 6.45) is 2.96. The van der Waals surface area contributed by atoms with Crippen LogP contribution in [0, 0.1) is 5.82 Å². The highest BCUT2D eigenvalue weighted by Crippen LogP contribution is 2.18. The molecule has 1 fully saturated rings. The number of carbonyl (C=O) groups excluding carboxylic acids is 1. The fourth-order valence-electron chi connectivity index (χ4n) is 2.83. The van der Waals surface area contributed by atoms with Crippen molar-refractivity contribution in [2.45, 2.75) is 38.8 Å². The zero-order chi connectivity index (χ0) is 21.2. The molecule has 0 heterocycles. The van der Waals surface area contributed by atoms with E-state index in [1.54, 1.807) is 12.1 Å². The summed E-state index contributed by atoms with van der Waals surface area (Å²) in [4.78, 5) is 16.2. The summed E-state index contributed by atoms with van der Waals surface area (Å²) in [5.41, 5.74) is 2.11. The van der Waals surface area contributed by atoms with Gasteiger partial charge in [0, 0.05) is 19.1 Å². The summed E-state index contributed by atoms with van der Waals surface area (Å²) in [5.74, 6) is 1.10. The van der Waals surface area contributed by atoms with E-state index in [1.165, 1.54) is 12.1 Å². The molecule has 0 aromatic heterocycles. The van der Waals surface area contributed by atoms with Crippen LogP contribution in [0.4, 0.5) is 4.39 Å². The molecule has 31 heavy (non-hydrogen) atoms. The van der Waals surface area contributed by atoms with Gasteiger partial charge in [0.15, 0.2) is 12.6 Å². The van der Waals surface area contributed by atoms with Gasteiger partial charge in [0.1, 0.15) is 11.6 Å². The van der Waals surface area contributed by atoms with Crippen molar-refractivity contribution in [3.05, 3.63) is 65.5 Å². The lowest BCUT2D eigenvalue weighted by Gasteiger charge is -2.12. The third-order valence-electron chi connectivity index (χ3n) is 4.62. The number of nitrogens with zero attached hydrogens (tertiary/aromatic N) is 1. The van der Waals surface area contributed by atoms with Crippen molar-refractivity contribution in [1.82, 2.24) is 16.0 Å². The summed E-state index contributed by atoms with van der Waals surface area (Å²) in [5, 5.41) is 9.42. The first-order valence-corrected chi connectivity index (χ1v) is 10.4. The maximum Gasteiger partial charge on any atom is 0.258 e. The molecule has 1 aliphatic rings. The molecule has 8 heteroatoms. The van der Waals surface area contributed by atoms with E-state index < -0.39 is 0 Å². The van der Waals surface area contributed by atoms with Gasteiger partial charge in [0.25, 0.3) is 5.91 Å². The van der Waals surface area contributed by atoms with Gasteiger partial charge in [-0.3, -0.25) is 4.79 Å². The molecule has 168 valence electrons. The Balaban J connectivity index is 0.00000341. The van der Waals surface area contributed by atoms with Gasteiger partial charge in [-0.2, -0.15) is 0 Å². The Morgan fingerprint density at radius 2 is 1.74 bits per heavy atom. The lowest BCUT2D eigenvalue weighted by Crippen LogP contribution is -2.38. The number of hydrogen-bond acceptors (Lipinski definition) is 3. The van der Waals surface area contributed by atoms with E-state index >= 15 is 0 Å². The maximum atomic E-state index is 13.0. The molecule has 6 nitrogen and oxygen atoms in total. The molecule has 2 aromatic carbocycles. The van der Waals surface area contributed by atoms with Crippen LogP contribution in [-0.2, 0) is 17.8 Å². The van der Waals surface area contributed by atoms with Crippen molar-refractivity contribution in [2.24, 2.45) is 4.99 Å². The second-order valence-corrected chi connectivity index (χ2v) is 7.27. The van der Waals surface area contributed by atoms with Gasteiger partial charge in [-0.1, -0.05) is 24.3 Å². The number of ether oxygens (including phenoxy) is 1. The lowest BCUT2D eigenvalue weighted by atomic mass is 10.1. The van der Waals surface area contributed by atoms with Gasteiger partial charge >= 0.3 is 0 Å². The predicted octanol–water partition coefficient (Wildman–Crippen LogP) is 3.40. The number of benzene rings is 2. The Bertz CT molecular complexity index is 840. The smallest absolute Gasteiger partial charge is 0.258 e. The SMILES string of the molecule is CCNC(=NCc1ccc(F)cc1)NCCc1ccc(OCC(=O)NC2CC2)cc1.I. The molecule has 1 amide bonds. The van der Waals surface area contributed by atoms with Crippen molar-refractivity contribution in [2.75, 3.05) is 19.7 Å². The Morgan fingerprint density at radius 3 is 2.39 bits per heavy atom. The molecule has 0 aliphatic heterocycles. The van der Waals surface area contributed by atoms with Crippen LogP contribution in [0.2, 0.25) is 0 Å². The molecular formula is C23H30FIN4O2. The molecule has 0 unspecified atom stereocenters. The summed E-state index contributed by atoms with van der Waals surface area (Å²) < 4.78 is 18.5. The number of aliphatic imine (C=N–C) groups is 1. The van der Waals surface area contributed by atoms with Crippen LogP contribution in [0.25, 0.3) is 0 Å². The highest BCUT2D eigenvalue weighted by Gasteiger charge is 2.23. The monoisotopic (exact) mass is 540 g/mol. The van der Waals surface area contributed by atoms with Crippen LogP contribution in [0.5, 0.6) is 5.75 Å². The molecule has 3 rings (SSSR count). The third kappa shape index (κ3) is 9.54. The second kappa shape index (κ2) is 13.1. The molecule has 3 N–H and O–H groups in total. The van der Waals surface area contributed by atoms with E-state index in [4.69, 9.17) is 4.74 Å². The fraction of sp³-hybridized carbons (Fsp3) is 0.391. The topological polar surface area (TPSA) is 74.8 Å². The number of amides is 1. The van der Waals surface area contributed by atoms with Gasteiger partial charge < -0.3 is 20.7 Å². The molecule has 1 saturated carbocycles. The minimum absolute atomic E-state index is 0. The molecule has 0 radical (unpaired) electrons. The minimum Gasteiger partial charge on any atom is -0.484 e. The quantitative estimate of drug-likeness (QED) is 0.246. The molecular weight excluding hydrogens is 510 g/mol. The van der Waals surface area contributed by atoms with Crippen molar-refractivity contribution >= 4 is 35.8 Å². The number of halogens is 2. The molecule has 0 spiro atoms. The van der Waals surface area contributed by atoms with E-state index in [0.29, 0.717) is 18.3 Å². The third-order valence-corrected chi connectivity index (χ3v) is 4.62. The van der Waals surface area contributed by atoms with Crippen LogP contribution in [0.1, 0.15) is 30.9 Å². The van der Waals surface area contributed by atoms with Crippen molar-refractivity contribution in [1.29, 1.82) is 0 Å².